The molecule has 62 valence electrons. The Labute approximate surface area is 69.9 Å². The number of rotatable bonds is 2. The molecule has 0 aromatic heterocycles. The fourth-order valence-corrected chi connectivity index (χ4v) is 0.965. The van der Waals surface area contributed by atoms with Crippen LogP contribution in [0.2, 0.25) is 0 Å². The van der Waals surface area contributed by atoms with Crippen molar-refractivity contribution in [3.8, 4) is 5.75 Å². The van der Waals surface area contributed by atoms with Crippen molar-refractivity contribution in [2.75, 3.05) is 6.61 Å². The maximum Gasteiger partial charge on any atom is 0.351 e. The summed E-state index contributed by atoms with van der Waals surface area (Å²) in [5, 5.41) is 0. The molecule has 0 saturated carbocycles. The normalized spacial score (nSPS) is 21.0. The van der Waals surface area contributed by atoms with E-state index in [9.17, 15) is 4.79 Å². The van der Waals surface area contributed by atoms with Gasteiger partial charge in [0.1, 0.15) is 12.4 Å². The quantitative estimate of drug-likeness (QED) is 0.611. The predicted molar refractivity (Wildman–Crippen MR) is 41.8 cm³/mol. The molecule has 1 aliphatic heterocycles. The van der Waals surface area contributed by atoms with E-state index in [1.807, 2.05) is 30.3 Å². The molecule has 12 heavy (non-hydrogen) atoms. The summed E-state index contributed by atoms with van der Waals surface area (Å²) in [5.74, 6) is 0.429. The van der Waals surface area contributed by atoms with Crippen LogP contribution >= 0.6 is 0 Å². The van der Waals surface area contributed by atoms with Gasteiger partial charge >= 0.3 is 5.97 Å². The number of esters is 1. The Morgan fingerprint density at radius 2 is 2.08 bits per heavy atom. The minimum absolute atomic E-state index is 0.279. The highest BCUT2D eigenvalue weighted by molar-refractivity contribution is 5.80. The van der Waals surface area contributed by atoms with Crippen LogP contribution in [-0.2, 0) is 9.53 Å². The predicted octanol–water partition coefficient (Wildman–Crippen LogP) is 0.991. The fourth-order valence-electron chi connectivity index (χ4n) is 0.965. The van der Waals surface area contributed by atoms with E-state index < -0.39 is 6.10 Å². The Bertz CT molecular complexity index is 281. The zero-order valence-electron chi connectivity index (χ0n) is 6.40. The number of ether oxygens (including phenoxy) is 2. The van der Waals surface area contributed by atoms with Crippen LogP contribution in [0.25, 0.3) is 0 Å². The number of hydrogen-bond acceptors (Lipinski definition) is 3. The minimum atomic E-state index is -0.396. The van der Waals surface area contributed by atoms with Crippen LogP contribution in [0.3, 0.4) is 0 Å². The molecule has 3 heteroatoms. The van der Waals surface area contributed by atoms with E-state index in [0.717, 1.165) is 0 Å². The van der Waals surface area contributed by atoms with E-state index in [-0.39, 0.29) is 5.97 Å². The van der Waals surface area contributed by atoms with Crippen molar-refractivity contribution in [1.29, 1.82) is 0 Å². The lowest BCUT2D eigenvalue weighted by molar-refractivity contribution is -0.175. The van der Waals surface area contributed by atoms with Gasteiger partial charge in [0.05, 0.1) is 0 Å². The highest BCUT2D eigenvalue weighted by Gasteiger charge is 2.32. The van der Waals surface area contributed by atoms with Gasteiger partial charge < -0.3 is 9.47 Å². The van der Waals surface area contributed by atoms with E-state index in [1.54, 1.807) is 0 Å². The number of para-hydroxylation sites is 1. The highest BCUT2D eigenvalue weighted by atomic mass is 16.6. The lowest BCUT2D eigenvalue weighted by atomic mass is 10.3. The maximum atomic E-state index is 10.7. The lowest BCUT2D eigenvalue weighted by Gasteiger charge is -2.24. The smallest absolute Gasteiger partial charge is 0.351 e. The van der Waals surface area contributed by atoms with Gasteiger partial charge in [-0.05, 0) is 12.1 Å². The fraction of sp³-hybridized carbons (Fsp3) is 0.222. The minimum Gasteiger partial charge on any atom is -0.475 e. The number of benzene rings is 1. The lowest BCUT2D eigenvalue weighted by Crippen LogP contribution is -2.44. The van der Waals surface area contributed by atoms with Gasteiger partial charge in [0.2, 0.25) is 6.10 Å². The maximum absolute atomic E-state index is 10.7. The summed E-state index contributed by atoms with van der Waals surface area (Å²) in [6, 6.07) is 9.24. The SMILES string of the molecule is O=C1OCC1Oc1ccccc1. The third-order valence-electron chi connectivity index (χ3n) is 1.66. The third kappa shape index (κ3) is 1.25. The summed E-state index contributed by atoms with van der Waals surface area (Å²) in [6.45, 7) is 0.369. The van der Waals surface area contributed by atoms with E-state index in [0.29, 0.717) is 12.4 Å². The Morgan fingerprint density at radius 1 is 1.33 bits per heavy atom. The average Bonchev–Trinajstić information content (AvgIpc) is 2.14. The van der Waals surface area contributed by atoms with Gasteiger partial charge in [0.25, 0.3) is 0 Å². The van der Waals surface area contributed by atoms with E-state index in [4.69, 9.17) is 4.74 Å². The molecule has 1 fully saturated rings. The molecule has 1 aliphatic rings. The standard InChI is InChI=1S/C9H8O3/c10-9-8(6-11-9)12-7-4-2-1-3-5-7/h1-5,8H,6H2. The zero-order valence-corrected chi connectivity index (χ0v) is 6.40. The summed E-state index contributed by atoms with van der Waals surface area (Å²) >= 11 is 0. The first-order valence-electron chi connectivity index (χ1n) is 3.74. The largest absolute Gasteiger partial charge is 0.475 e. The van der Waals surface area contributed by atoms with Crippen molar-refractivity contribution in [2.24, 2.45) is 0 Å². The summed E-state index contributed by atoms with van der Waals surface area (Å²) in [4.78, 5) is 10.7. The monoisotopic (exact) mass is 164 g/mol. The second kappa shape index (κ2) is 2.85. The van der Waals surface area contributed by atoms with Crippen LogP contribution in [0.1, 0.15) is 0 Å². The molecule has 1 atom stereocenters. The van der Waals surface area contributed by atoms with Crippen LogP contribution in [0.4, 0.5) is 0 Å². The molecule has 1 saturated heterocycles. The summed E-state index contributed by atoms with van der Waals surface area (Å²) in [6.07, 6.45) is -0.396. The van der Waals surface area contributed by atoms with E-state index in [1.165, 1.54) is 0 Å². The summed E-state index contributed by atoms with van der Waals surface area (Å²) in [5.41, 5.74) is 0. The van der Waals surface area contributed by atoms with Gasteiger partial charge in [-0.1, -0.05) is 18.2 Å². The molecule has 1 aromatic rings. The molecule has 0 radical (unpaired) electrons. The number of carbonyl (C=O) groups is 1. The van der Waals surface area contributed by atoms with Crippen molar-refractivity contribution in [1.82, 2.24) is 0 Å². The molecule has 1 heterocycles. The molecule has 0 spiro atoms. The summed E-state index contributed by atoms with van der Waals surface area (Å²) < 4.78 is 9.84. The third-order valence-corrected chi connectivity index (χ3v) is 1.66. The Morgan fingerprint density at radius 3 is 2.58 bits per heavy atom. The van der Waals surface area contributed by atoms with Crippen molar-refractivity contribution < 1.29 is 14.3 Å². The van der Waals surface area contributed by atoms with E-state index in [2.05, 4.69) is 4.74 Å². The van der Waals surface area contributed by atoms with Crippen LogP contribution in [-0.4, -0.2) is 18.7 Å². The molecule has 1 aromatic carbocycles. The molecular formula is C9H8O3. The molecule has 0 amide bonds. The second-order valence-electron chi connectivity index (χ2n) is 2.55. The van der Waals surface area contributed by atoms with Gasteiger partial charge in [-0.15, -0.1) is 0 Å². The first-order valence-corrected chi connectivity index (χ1v) is 3.74. The molecule has 3 nitrogen and oxygen atoms in total. The molecular weight excluding hydrogens is 156 g/mol. The Kier molecular flexibility index (Phi) is 1.70. The first-order chi connectivity index (χ1) is 5.86. The molecule has 2 rings (SSSR count). The molecule has 0 aliphatic carbocycles. The van der Waals surface area contributed by atoms with Crippen molar-refractivity contribution in [3.05, 3.63) is 30.3 Å². The van der Waals surface area contributed by atoms with Crippen LogP contribution in [0.15, 0.2) is 30.3 Å². The second-order valence-corrected chi connectivity index (χ2v) is 2.55. The van der Waals surface area contributed by atoms with Crippen molar-refractivity contribution in [2.45, 2.75) is 6.10 Å². The van der Waals surface area contributed by atoms with Gasteiger partial charge in [-0.2, -0.15) is 0 Å². The topological polar surface area (TPSA) is 35.5 Å². The number of cyclic esters (lactones) is 1. The van der Waals surface area contributed by atoms with Crippen molar-refractivity contribution in [3.63, 3.8) is 0 Å². The van der Waals surface area contributed by atoms with Gasteiger partial charge in [0.15, 0.2) is 0 Å². The first kappa shape index (κ1) is 7.16. The summed E-state index contributed by atoms with van der Waals surface area (Å²) in [7, 11) is 0. The number of carbonyl (C=O) groups excluding carboxylic acids is 1. The Balaban J connectivity index is 2.00. The van der Waals surface area contributed by atoms with Gasteiger partial charge in [0, 0.05) is 0 Å². The Hall–Kier alpha value is -1.51. The zero-order chi connectivity index (χ0) is 8.39. The molecule has 1 unspecified atom stereocenters. The van der Waals surface area contributed by atoms with Crippen LogP contribution < -0.4 is 4.74 Å². The van der Waals surface area contributed by atoms with E-state index >= 15 is 0 Å². The molecule has 0 N–H and O–H groups in total. The van der Waals surface area contributed by atoms with Gasteiger partial charge in [-0.25, -0.2) is 4.79 Å². The molecule has 0 bridgehead atoms. The average molecular weight is 164 g/mol. The van der Waals surface area contributed by atoms with Crippen LogP contribution in [0, 0.1) is 0 Å². The van der Waals surface area contributed by atoms with Gasteiger partial charge in [-0.3, -0.25) is 0 Å². The van der Waals surface area contributed by atoms with Crippen molar-refractivity contribution >= 4 is 5.97 Å². The number of hydrogen-bond donors (Lipinski definition) is 0. The highest BCUT2D eigenvalue weighted by Crippen LogP contribution is 2.15. The van der Waals surface area contributed by atoms with Crippen LogP contribution in [0.5, 0.6) is 5.75 Å².